The van der Waals surface area contributed by atoms with Gasteiger partial charge < -0.3 is 5.32 Å². The standard InChI is InChI=1S/C14H18ClNO/c1-10(13(17)16-14(2,3)4)9-11-5-7-12(15)8-6-11/h5-9H,1-4H3,(H,16,17)/b10-9-. The molecule has 0 fully saturated rings. The average Bonchev–Trinajstić information content (AvgIpc) is 2.19. The van der Waals surface area contributed by atoms with Gasteiger partial charge in [-0.3, -0.25) is 4.79 Å². The van der Waals surface area contributed by atoms with E-state index in [0.29, 0.717) is 10.6 Å². The summed E-state index contributed by atoms with van der Waals surface area (Å²) in [6, 6.07) is 7.39. The molecule has 0 radical (unpaired) electrons. The number of carbonyl (C=O) groups excluding carboxylic acids is 1. The molecule has 1 aromatic carbocycles. The SMILES string of the molecule is C/C(=C/c1ccc(Cl)cc1)C(=O)NC(C)(C)C. The molecule has 0 saturated heterocycles. The van der Waals surface area contributed by atoms with Gasteiger partial charge >= 0.3 is 0 Å². The first-order valence-electron chi connectivity index (χ1n) is 5.54. The summed E-state index contributed by atoms with van der Waals surface area (Å²) >= 11 is 5.80. The third-order valence-corrected chi connectivity index (χ3v) is 2.35. The largest absolute Gasteiger partial charge is 0.348 e. The summed E-state index contributed by atoms with van der Waals surface area (Å²) < 4.78 is 0. The van der Waals surface area contributed by atoms with Crippen molar-refractivity contribution in [3.63, 3.8) is 0 Å². The van der Waals surface area contributed by atoms with Gasteiger partial charge in [0.2, 0.25) is 5.91 Å². The van der Waals surface area contributed by atoms with Crippen LogP contribution in [0.25, 0.3) is 6.08 Å². The highest BCUT2D eigenvalue weighted by molar-refractivity contribution is 6.30. The van der Waals surface area contributed by atoms with Crippen LogP contribution in [0.2, 0.25) is 5.02 Å². The first kappa shape index (κ1) is 13.8. The van der Waals surface area contributed by atoms with Crippen LogP contribution in [0.15, 0.2) is 29.8 Å². The molecule has 0 atom stereocenters. The van der Waals surface area contributed by atoms with Crippen molar-refractivity contribution >= 4 is 23.6 Å². The van der Waals surface area contributed by atoms with Crippen LogP contribution >= 0.6 is 11.6 Å². The van der Waals surface area contributed by atoms with Crippen molar-refractivity contribution in [3.8, 4) is 0 Å². The molecule has 0 bridgehead atoms. The smallest absolute Gasteiger partial charge is 0.247 e. The fraction of sp³-hybridized carbons (Fsp3) is 0.357. The Labute approximate surface area is 108 Å². The summed E-state index contributed by atoms with van der Waals surface area (Å²) in [6.45, 7) is 7.68. The summed E-state index contributed by atoms with van der Waals surface area (Å²) in [5.41, 5.74) is 1.44. The Morgan fingerprint density at radius 3 is 2.24 bits per heavy atom. The molecule has 1 amide bonds. The lowest BCUT2D eigenvalue weighted by Crippen LogP contribution is -2.40. The Bertz CT molecular complexity index is 427. The van der Waals surface area contributed by atoms with Crippen molar-refractivity contribution in [1.29, 1.82) is 0 Å². The lowest BCUT2D eigenvalue weighted by molar-refractivity contribution is -0.118. The van der Waals surface area contributed by atoms with Gasteiger partial charge in [0.15, 0.2) is 0 Å². The predicted molar refractivity (Wildman–Crippen MR) is 73.0 cm³/mol. The van der Waals surface area contributed by atoms with E-state index >= 15 is 0 Å². The fourth-order valence-corrected chi connectivity index (χ4v) is 1.44. The van der Waals surface area contributed by atoms with E-state index in [2.05, 4.69) is 5.32 Å². The first-order chi connectivity index (χ1) is 7.78. The number of benzene rings is 1. The predicted octanol–water partition coefficient (Wildman–Crippen LogP) is 3.66. The number of hydrogen-bond acceptors (Lipinski definition) is 1. The van der Waals surface area contributed by atoms with Gasteiger partial charge in [-0.15, -0.1) is 0 Å². The summed E-state index contributed by atoms with van der Waals surface area (Å²) in [5.74, 6) is -0.0487. The quantitative estimate of drug-likeness (QED) is 0.799. The van der Waals surface area contributed by atoms with Crippen LogP contribution in [0.1, 0.15) is 33.3 Å². The zero-order valence-electron chi connectivity index (χ0n) is 10.7. The van der Waals surface area contributed by atoms with Crippen LogP contribution in [0.4, 0.5) is 0 Å². The molecule has 92 valence electrons. The van der Waals surface area contributed by atoms with Gasteiger partial charge in [-0.25, -0.2) is 0 Å². The maximum Gasteiger partial charge on any atom is 0.247 e. The molecule has 0 spiro atoms. The van der Waals surface area contributed by atoms with Gasteiger partial charge in [-0.2, -0.15) is 0 Å². The van der Waals surface area contributed by atoms with Crippen molar-refractivity contribution in [2.75, 3.05) is 0 Å². The Kier molecular flexibility index (Phi) is 4.35. The maximum atomic E-state index is 11.8. The van der Waals surface area contributed by atoms with Gasteiger partial charge in [0.1, 0.15) is 0 Å². The summed E-state index contributed by atoms with van der Waals surface area (Å²) in [6.07, 6.45) is 1.84. The maximum absolute atomic E-state index is 11.8. The normalized spacial score (nSPS) is 12.4. The molecule has 1 rings (SSSR count). The van der Waals surface area contributed by atoms with E-state index in [1.807, 2.05) is 51.1 Å². The van der Waals surface area contributed by atoms with Crippen LogP contribution in [0.3, 0.4) is 0 Å². The zero-order valence-corrected chi connectivity index (χ0v) is 11.4. The van der Waals surface area contributed by atoms with E-state index in [9.17, 15) is 4.79 Å². The van der Waals surface area contributed by atoms with Crippen molar-refractivity contribution in [1.82, 2.24) is 5.32 Å². The molecule has 2 nitrogen and oxygen atoms in total. The molecule has 0 aromatic heterocycles. The van der Waals surface area contributed by atoms with Gasteiger partial charge in [-0.05, 0) is 51.5 Å². The molecule has 0 aliphatic rings. The summed E-state index contributed by atoms with van der Waals surface area (Å²) in [5, 5.41) is 3.61. The van der Waals surface area contributed by atoms with Gasteiger partial charge in [0.25, 0.3) is 0 Å². The van der Waals surface area contributed by atoms with Crippen LogP contribution in [-0.2, 0) is 4.79 Å². The fourth-order valence-electron chi connectivity index (χ4n) is 1.31. The highest BCUT2D eigenvalue weighted by atomic mass is 35.5. The van der Waals surface area contributed by atoms with Crippen LogP contribution in [-0.4, -0.2) is 11.4 Å². The van der Waals surface area contributed by atoms with E-state index in [-0.39, 0.29) is 11.4 Å². The molecular formula is C14H18ClNO. The van der Waals surface area contributed by atoms with E-state index < -0.39 is 0 Å². The average molecular weight is 252 g/mol. The van der Waals surface area contributed by atoms with Gasteiger partial charge in [0, 0.05) is 16.1 Å². The highest BCUT2D eigenvalue weighted by Crippen LogP contribution is 2.13. The highest BCUT2D eigenvalue weighted by Gasteiger charge is 2.14. The monoisotopic (exact) mass is 251 g/mol. The molecule has 1 N–H and O–H groups in total. The molecular weight excluding hydrogens is 234 g/mol. The van der Waals surface area contributed by atoms with Crippen LogP contribution in [0.5, 0.6) is 0 Å². The van der Waals surface area contributed by atoms with Gasteiger partial charge in [0.05, 0.1) is 0 Å². The summed E-state index contributed by atoms with van der Waals surface area (Å²) in [7, 11) is 0. The molecule has 0 unspecified atom stereocenters. The van der Waals surface area contributed by atoms with E-state index in [0.717, 1.165) is 5.56 Å². The Hall–Kier alpha value is -1.28. The van der Waals surface area contributed by atoms with E-state index in [1.165, 1.54) is 0 Å². The lowest BCUT2D eigenvalue weighted by atomic mass is 10.1. The minimum Gasteiger partial charge on any atom is -0.348 e. The molecule has 1 aromatic rings. The van der Waals surface area contributed by atoms with E-state index in [4.69, 9.17) is 11.6 Å². The molecule has 0 aliphatic carbocycles. The summed E-state index contributed by atoms with van der Waals surface area (Å²) in [4.78, 5) is 11.8. The molecule has 0 heterocycles. The van der Waals surface area contributed by atoms with Crippen LogP contribution in [0, 0.1) is 0 Å². The van der Waals surface area contributed by atoms with Gasteiger partial charge in [-0.1, -0.05) is 23.7 Å². The first-order valence-corrected chi connectivity index (χ1v) is 5.92. The number of carbonyl (C=O) groups is 1. The molecule has 0 saturated carbocycles. The van der Waals surface area contributed by atoms with Crippen molar-refractivity contribution in [2.24, 2.45) is 0 Å². The number of amides is 1. The number of rotatable bonds is 2. The third kappa shape index (κ3) is 5.05. The number of halogens is 1. The second-order valence-electron chi connectivity index (χ2n) is 5.08. The Balaban J connectivity index is 2.79. The van der Waals surface area contributed by atoms with E-state index in [1.54, 1.807) is 6.92 Å². The van der Waals surface area contributed by atoms with Crippen molar-refractivity contribution in [2.45, 2.75) is 33.2 Å². The minimum atomic E-state index is -0.216. The minimum absolute atomic E-state index is 0.0487. The number of hydrogen-bond donors (Lipinski definition) is 1. The van der Waals surface area contributed by atoms with Crippen molar-refractivity contribution < 1.29 is 4.79 Å². The second-order valence-corrected chi connectivity index (χ2v) is 5.52. The number of nitrogens with one attached hydrogen (secondary N) is 1. The zero-order chi connectivity index (χ0) is 13.1. The lowest BCUT2D eigenvalue weighted by Gasteiger charge is -2.20. The topological polar surface area (TPSA) is 29.1 Å². The second kappa shape index (κ2) is 5.37. The Morgan fingerprint density at radius 2 is 1.76 bits per heavy atom. The van der Waals surface area contributed by atoms with Crippen LogP contribution < -0.4 is 5.32 Å². The Morgan fingerprint density at radius 1 is 1.24 bits per heavy atom. The molecule has 3 heteroatoms. The molecule has 17 heavy (non-hydrogen) atoms. The third-order valence-electron chi connectivity index (χ3n) is 2.10. The van der Waals surface area contributed by atoms with Crippen molar-refractivity contribution in [3.05, 3.63) is 40.4 Å². The molecule has 0 aliphatic heterocycles.